The lowest BCUT2D eigenvalue weighted by molar-refractivity contribution is 0.0685. The molecule has 3 heterocycles. The van der Waals surface area contributed by atoms with Gasteiger partial charge in [0.1, 0.15) is 0 Å². The highest BCUT2D eigenvalue weighted by atomic mass is 16.5. The highest BCUT2D eigenvalue weighted by Crippen LogP contribution is 2.29. The maximum Gasteiger partial charge on any atom is 0.261 e. The number of rotatable bonds is 4. The molecule has 5 nitrogen and oxygen atoms in total. The number of nitrogens with zero attached hydrogens (tertiary/aromatic N) is 3. The Balaban J connectivity index is 1.68. The summed E-state index contributed by atoms with van der Waals surface area (Å²) in [5.41, 5.74) is 4.89. The van der Waals surface area contributed by atoms with Gasteiger partial charge in [-0.2, -0.15) is 0 Å². The van der Waals surface area contributed by atoms with Crippen molar-refractivity contribution in [3.05, 3.63) is 88.7 Å². The van der Waals surface area contributed by atoms with E-state index in [-0.39, 0.29) is 11.6 Å². The smallest absolute Gasteiger partial charge is 0.261 e. The molecule has 31 heavy (non-hydrogen) atoms. The second-order valence-electron chi connectivity index (χ2n) is 8.28. The summed E-state index contributed by atoms with van der Waals surface area (Å²) >= 11 is 0. The SMILES string of the molecule is C=C(C)c1cc(Cc2cc3c(=O)n(C4CCOCC4)cnc3c3ccccc23)ccn1. The molecule has 5 heteroatoms. The van der Waals surface area contributed by atoms with Gasteiger partial charge in [0.15, 0.2) is 0 Å². The van der Waals surface area contributed by atoms with Crippen LogP contribution in [0.4, 0.5) is 0 Å². The first-order chi connectivity index (χ1) is 15.1. The van der Waals surface area contributed by atoms with Crippen LogP contribution >= 0.6 is 0 Å². The molecule has 0 radical (unpaired) electrons. The maximum atomic E-state index is 13.5. The first-order valence-corrected chi connectivity index (χ1v) is 10.7. The summed E-state index contributed by atoms with van der Waals surface area (Å²) in [7, 11) is 0. The number of pyridine rings is 1. The highest BCUT2D eigenvalue weighted by Gasteiger charge is 2.19. The van der Waals surface area contributed by atoms with Crippen LogP contribution < -0.4 is 5.56 Å². The molecule has 0 amide bonds. The molecule has 0 N–H and O–H groups in total. The molecule has 1 fully saturated rings. The van der Waals surface area contributed by atoms with Gasteiger partial charge in [0, 0.05) is 30.8 Å². The summed E-state index contributed by atoms with van der Waals surface area (Å²) in [6.45, 7) is 7.34. The van der Waals surface area contributed by atoms with Crippen molar-refractivity contribution in [2.75, 3.05) is 13.2 Å². The van der Waals surface area contributed by atoms with Crippen molar-refractivity contribution in [2.45, 2.75) is 32.2 Å². The van der Waals surface area contributed by atoms with Gasteiger partial charge in [-0.25, -0.2) is 4.98 Å². The normalized spacial score (nSPS) is 14.9. The second kappa shape index (κ2) is 8.08. The Morgan fingerprint density at radius 2 is 1.87 bits per heavy atom. The molecule has 1 saturated heterocycles. The Kier molecular flexibility index (Phi) is 5.12. The quantitative estimate of drug-likeness (QED) is 0.447. The molecule has 1 aliphatic heterocycles. The lowest BCUT2D eigenvalue weighted by Crippen LogP contribution is -2.29. The van der Waals surface area contributed by atoms with Gasteiger partial charge >= 0.3 is 0 Å². The van der Waals surface area contributed by atoms with Crippen molar-refractivity contribution in [3.8, 4) is 0 Å². The molecule has 156 valence electrons. The van der Waals surface area contributed by atoms with E-state index in [4.69, 9.17) is 9.72 Å². The fraction of sp³-hybridized carbons (Fsp3) is 0.269. The summed E-state index contributed by atoms with van der Waals surface area (Å²) in [6, 6.07) is 14.5. The van der Waals surface area contributed by atoms with Gasteiger partial charge in [-0.3, -0.25) is 14.3 Å². The van der Waals surface area contributed by atoms with Crippen LogP contribution in [0.15, 0.2) is 66.4 Å². The third-order valence-electron chi connectivity index (χ3n) is 6.12. The summed E-state index contributed by atoms with van der Waals surface area (Å²) in [6.07, 6.45) is 5.93. The van der Waals surface area contributed by atoms with Crippen molar-refractivity contribution in [1.82, 2.24) is 14.5 Å². The molecule has 1 aliphatic rings. The number of ether oxygens (including phenoxy) is 1. The van der Waals surface area contributed by atoms with E-state index in [1.165, 1.54) is 0 Å². The maximum absolute atomic E-state index is 13.5. The monoisotopic (exact) mass is 411 g/mol. The van der Waals surface area contributed by atoms with Gasteiger partial charge in [0.2, 0.25) is 0 Å². The molecule has 0 bridgehead atoms. The van der Waals surface area contributed by atoms with Crippen LogP contribution in [0.1, 0.15) is 42.6 Å². The van der Waals surface area contributed by atoms with Crippen LogP contribution in [0.25, 0.3) is 27.2 Å². The van der Waals surface area contributed by atoms with E-state index in [0.29, 0.717) is 25.0 Å². The predicted molar refractivity (Wildman–Crippen MR) is 124 cm³/mol. The van der Waals surface area contributed by atoms with E-state index in [2.05, 4.69) is 29.8 Å². The average molecular weight is 412 g/mol. The van der Waals surface area contributed by atoms with Crippen molar-refractivity contribution >= 4 is 27.2 Å². The van der Waals surface area contributed by atoms with Crippen molar-refractivity contribution < 1.29 is 4.74 Å². The summed E-state index contributed by atoms with van der Waals surface area (Å²) in [5, 5.41) is 2.82. The number of hydrogen-bond acceptors (Lipinski definition) is 4. The third-order valence-corrected chi connectivity index (χ3v) is 6.12. The molecular weight excluding hydrogens is 386 g/mol. The fourth-order valence-electron chi connectivity index (χ4n) is 4.46. The molecule has 0 unspecified atom stereocenters. The minimum Gasteiger partial charge on any atom is -0.381 e. The number of hydrogen-bond donors (Lipinski definition) is 0. The van der Waals surface area contributed by atoms with Gasteiger partial charge < -0.3 is 4.74 Å². The van der Waals surface area contributed by atoms with E-state index in [1.807, 2.05) is 37.4 Å². The molecular formula is C26H25N3O2. The zero-order valence-corrected chi connectivity index (χ0v) is 17.7. The summed E-state index contributed by atoms with van der Waals surface area (Å²) in [5.74, 6) is 0. The Labute approximate surface area is 181 Å². The molecule has 5 rings (SSSR count). The Morgan fingerprint density at radius 1 is 1.10 bits per heavy atom. The van der Waals surface area contributed by atoms with Crippen molar-refractivity contribution in [1.29, 1.82) is 0 Å². The number of fused-ring (bicyclic) bond motifs is 3. The predicted octanol–water partition coefficient (Wildman–Crippen LogP) is 4.92. The third kappa shape index (κ3) is 3.66. The van der Waals surface area contributed by atoms with Crippen LogP contribution in [0.2, 0.25) is 0 Å². The van der Waals surface area contributed by atoms with Crippen LogP contribution in [0.3, 0.4) is 0 Å². The second-order valence-corrected chi connectivity index (χ2v) is 8.28. The number of aromatic nitrogens is 3. The van der Waals surface area contributed by atoms with Gasteiger partial charge in [-0.05, 0) is 66.5 Å². The molecule has 0 spiro atoms. The van der Waals surface area contributed by atoms with Crippen molar-refractivity contribution in [2.24, 2.45) is 0 Å². The lowest BCUT2D eigenvalue weighted by atomic mass is 9.95. The standard InChI is InChI=1S/C26H25N3O2/c1-17(2)24-14-18(7-10-27-24)13-19-15-23-25(22-6-4-3-5-21(19)22)28-16-29(26(23)30)20-8-11-31-12-9-20/h3-7,10,14-16,20H,1,8-9,11-13H2,2H3. The molecule has 2 aromatic carbocycles. The topological polar surface area (TPSA) is 57.0 Å². The van der Waals surface area contributed by atoms with E-state index < -0.39 is 0 Å². The molecule has 0 saturated carbocycles. The van der Waals surface area contributed by atoms with E-state index in [9.17, 15) is 4.79 Å². The first kappa shape index (κ1) is 19.6. The first-order valence-electron chi connectivity index (χ1n) is 10.7. The van der Waals surface area contributed by atoms with E-state index in [0.717, 1.165) is 51.5 Å². The van der Waals surface area contributed by atoms with Crippen LogP contribution in [0, 0.1) is 0 Å². The highest BCUT2D eigenvalue weighted by molar-refractivity contribution is 6.06. The van der Waals surface area contributed by atoms with Gasteiger partial charge in [0.05, 0.1) is 22.9 Å². The van der Waals surface area contributed by atoms with E-state index >= 15 is 0 Å². The molecule has 0 aliphatic carbocycles. The van der Waals surface area contributed by atoms with Gasteiger partial charge in [-0.15, -0.1) is 0 Å². The number of allylic oxidation sites excluding steroid dienone is 1. The van der Waals surface area contributed by atoms with E-state index in [1.54, 1.807) is 10.9 Å². The largest absolute Gasteiger partial charge is 0.381 e. The van der Waals surface area contributed by atoms with Crippen LogP contribution in [0.5, 0.6) is 0 Å². The van der Waals surface area contributed by atoms with Gasteiger partial charge in [0.25, 0.3) is 5.56 Å². The van der Waals surface area contributed by atoms with Crippen LogP contribution in [-0.4, -0.2) is 27.7 Å². The Bertz CT molecular complexity index is 1350. The van der Waals surface area contributed by atoms with Crippen molar-refractivity contribution in [3.63, 3.8) is 0 Å². The minimum absolute atomic E-state index is 0.0289. The molecule has 4 aromatic rings. The minimum atomic E-state index is 0.0289. The van der Waals surface area contributed by atoms with Gasteiger partial charge in [-0.1, -0.05) is 30.8 Å². The number of benzene rings is 2. The molecule has 2 aromatic heterocycles. The van der Waals surface area contributed by atoms with Crippen LogP contribution in [-0.2, 0) is 11.2 Å². The average Bonchev–Trinajstić information content (AvgIpc) is 2.80. The Morgan fingerprint density at radius 3 is 2.65 bits per heavy atom. The zero-order valence-electron chi connectivity index (χ0n) is 17.7. The Hall–Kier alpha value is -3.31. The zero-order chi connectivity index (χ0) is 21.4. The molecule has 0 atom stereocenters. The fourth-order valence-corrected chi connectivity index (χ4v) is 4.46. The summed E-state index contributed by atoms with van der Waals surface area (Å²) < 4.78 is 7.27. The summed E-state index contributed by atoms with van der Waals surface area (Å²) in [4.78, 5) is 22.6. The lowest BCUT2D eigenvalue weighted by Gasteiger charge is -2.24.